The van der Waals surface area contributed by atoms with Gasteiger partial charge in [0.05, 0.1) is 13.2 Å². The summed E-state index contributed by atoms with van der Waals surface area (Å²) in [6.07, 6.45) is -2.65. The highest BCUT2D eigenvalue weighted by Crippen LogP contribution is 2.19. The zero-order valence-corrected chi connectivity index (χ0v) is 17.0. The molecule has 10 heteroatoms. The van der Waals surface area contributed by atoms with Gasteiger partial charge in [-0.25, -0.2) is 0 Å². The molecule has 1 saturated heterocycles. The zero-order valence-electron chi connectivity index (χ0n) is 14.7. The Balaban J connectivity index is 0.00000576. The van der Waals surface area contributed by atoms with E-state index in [4.69, 9.17) is 4.74 Å². The molecule has 0 radical (unpaired) electrons. The maximum Gasteiger partial charge on any atom is 0.401 e. The lowest BCUT2D eigenvalue weighted by atomic mass is 10.3. The molecule has 6 nitrogen and oxygen atoms in total. The van der Waals surface area contributed by atoms with Crippen LogP contribution >= 0.6 is 24.0 Å². The van der Waals surface area contributed by atoms with Crippen LogP contribution in [0.3, 0.4) is 0 Å². The number of ether oxygens (including phenoxy) is 1. The van der Waals surface area contributed by atoms with Gasteiger partial charge in [-0.1, -0.05) is 0 Å². The monoisotopic (exact) mass is 480 g/mol. The predicted octanol–water partition coefficient (Wildman–Crippen LogP) is 2.14. The molecule has 0 aromatic heterocycles. The average Bonchev–Trinajstić information content (AvgIpc) is 2.89. The number of halogens is 4. The van der Waals surface area contributed by atoms with Crippen molar-refractivity contribution in [3.05, 3.63) is 0 Å². The van der Waals surface area contributed by atoms with E-state index in [9.17, 15) is 18.0 Å². The summed E-state index contributed by atoms with van der Waals surface area (Å²) in [6.45, 7) is 5.02. The standard InChI is InChI=1S/C15H27F3N4O2.HI/c1-3-19-14(20-8-5-6-13(23)24-4-2)21-12-7-9-22(10-12)11-15(16,17)18;/h12H,3-11H2,1-2H3,(H2,19,20,21);1H. The molecule has 1 aliphatic rings. The summed E-state index contributed by atoms with van der Waals surface area (Å²) in [6, 6.07) is -0.0600. The number of carbonyl (C=O) groups excluding carboxylic acids is 1. The second-order valence-corrected chi connectivity index (χ2v) is 5.65. The molecule has 0 aliphatic carbocycles. The van der Waals surface area contributed by atoms with E-state index in [1.807, 2.05) is 6.92 Å². The van der Waals surface area contributed by atoms with Crippen LogP contribution in [0.1, 0.15) is 33.1 Å². The first-order chi connectivity index (χ1) is 11.3. The van der Waals surface area contributed by atoms with Crippen LogP contribution in [-0.4, -0.2) is 68.4 Å². The second kappa shape index (κ2) is 12.6. The molecule has 0 spiro atoms. The number of nitrogens with one attached hydrogen (secondary N) is 2. The number of carbonyl (C=O) groups is 1. The third kappa shape index (κ3) is 11.4. The van der Waals surface area contributed by atoms with Crippen molar-refractivity contribution >= 4 is 35.9 Å². The lowest BCUT2D eigenvalue weighted by Gasteiger charge is -2.19. The van der Waals surface area contributed by atoms with Crippen molar-refractivity contribution in [3.8, 4) is 0 Å². The zero-order chi connectivity index (χ0) is 18.0. The summed E-state index contributed by atoms with van der Waals surface area (Å²) in [5.74, 6) is 0.324. The third-order valence-corrected chi connectivity index (χ3v) is 3.47. The van der Waals surface area contributed by atoms with Crippen LogP contribution in [0.15, 0.2) is 4.99 Å². The summed E-state index contributed by atoms with van der Waals surface area (Å²) in [5.41, 5.74) is 0. The third-order valence-electron chi connectivity index (χ3n) is 3.47. The Morgan fingerprint density at radius 2 is 2.08 bits per heavy atom. The molecule has 0 amide bonds. The smallest absolute Gasteiger partial charge is 0.401 e. The highest BCUT2D eigenvalue weighted by Gasteiger charge is 2.34. The lowest BCUT2D eigenvalue weighted by molar-refractivity contribution is -0.144. The number of alkyl halides is 3. The van der Waals surface area contributed by atoms with Gasteiger partial charge in [0.15, 0.2) is 5.96 Å². The number of likely N-dealkylation sites (tertiary alicyclic amines) is 1. The van der Waals surface area contributed by atoms with Gasteiger partial charge in [-0.2, -0.15) is 13.2 Å². The molecule has 25 heavy (non-hydrogen) atoms. The molecule has 2 N–H and O–H groups in total. The first-order valence-corrected chi connectivity index (χ1v) is 8.33. The first kappa shape index (κ1) is 24.2. The van der Waals surface area contributed by atoms with Crippen molar-refractivity contribution in [2.75, 3.05) is 39.3 Å². The fourth-order valence-electron chi connectivity index (χ4n) is 2.51. The number of rotatable bonds is 8. The van der Waals surface area contributed by atoms with Crippen LogP contribution in [0.4, 0.5) is 13.2 Å². The van der Waals surface area contributed by atoms with Crippen molar-refractivity contribution < 1.29 is 22.7 Å². The fourth-order valence-corrected chi connectivity index (χ4v) is 2.51. The normalized spacial score (nSPS) is 18.6. The summed E-state index contributed by atoms with van der Waals surface area (Å²) < 4.78 is 42.1. The van der Waals surface area contributed by atoms with Gasteiger partial charge in [-0.15, -0.1) is 24.0 Å². The maximum absolute atomic E-state index is 12.4. The summed E-state index contributed by atoms with van der Waals surface area (Å²) >= 11 is 0. The number of esters is 1. The van der Waals surface area contributed by atoms with E-state index in [0.29, 0.717) is 58.0 Å². The van der Waals surface area contributed by atoms with Gasteiger partial charge in [0, 0.05) is 38.6 Å². The molecule has 1 heterocycles. The van der Waals surface area contributed by atoms with Crippen LogP contribution < -0.4 is 10.6 Å². The fraction of sp³-hybridized carbons (Fsp3) is 0.867. The van der Waals surface area contributed by atoms with Crippen molar-refractivity contribution in [3.63, 3.8) is 0 Å². The molecule has 1 atom stereocenters. The molecule has 1 unspecified atom stereocenters. The van der Waals surface area contributed by atoms with Crippen molar-refractivity contribution in [1.29, 1.82) is 0 Å². The van der Waals surface area contributed by atoms with E-state index in [1.54, 1.807) is 6.92 Å². The predicted molar refractivity (Wildman–Crippen MR) is 101 cm³/mol. The van der Waals surface area contributed by atoms with E-state index in [0.717, 1.165) is 0 Å². The molecule has 1 rings (SSSR count). The molecule has 1 aliphatic heterocycles. The second-order valence-electron chi connectivity index (χ2n) is 5.65. The van der Waals surface area contributed by atoms with Crippen molar-refractivity contribution in [2.24, 2.45) is 4.99 Å². The Morgan fingerprint density at radius 3 is 2.68 bits per heavy atom. The van der Waals surface area contributed by atoms with Crippen molar-refractivity contribution in [2.45, 2.75) is 45.3 Å². The van der Waals surface area contributed by atoms with E-state index in [-0.39, 0.29) is 36.0 Å². The van der Waals surface area contributed by atoms with E-state index in [2.05, 4.69) is 15.6 Å². The lowest BCUT2D eigenvalue weighted by Crippen LogP contribution is -2.45. The van der Waals surface area contributed by atoms with Gasteiger partial charge in [-0.05, 0) is 26.7 Å². The molecule has 0 saturated carbocycles. The minimum absolute atomic E-state index is 0. The number of hydrogen-bond acceptors (Lipinski definition) is 4. The SMILES string of the molecule is CCNC(=NCCCC(=O)OCC)NC1CCN(CC(F)(F)F)C1.I. The molecule has 0 aromatic rings. The molecule has 1 fully saturated rings. The van der Waals surface area contributed by atoms with Crippen LogP contribution in [0, 0.1) is 0 Å². The number of hydrogen-bond donors (Lipinski definition) is 2. The molecular formula is C15H28F3IN4O2. The Hall–Kier alpha value is -0.780. The van der Waals surface area contributed by atoms with Gasteiger partial charge in [0.2, 0.25) is 0 Å². The Labute approximate surface area is 164 Å². The van der Waals surface area contributed by atoms with Crippen LogP contribution in [0.5, 0.6) is 0 Å². The minimum Gasteiger partial charge on any atom is -0.466 e. The van der Waals surface area contributed by atoms with Gasteiger partial charge in [0.25, 0.3) is 0 Å². The van der Waals surface area contributed by atoms with Gasteiger partial charge in [-0.3, -0.25) is 14.7 Å². The van der Waals surface area contributed by atoms with Crippen molar-refractivity contribution in [1.82, 2.24) is 15.5 Å². The van der Waals surface area contributed by atoms with Crippen LogP contribution in [-0.2, 0) is 9.53 Å². The molecule has 0 bridgehead atoms. The number of aliphatic imine (C=N–C) groups is 1. The minimum atomic E-state index is -4.17. The van der Waals surface area contributed by atoms with Gasteiger partial charge in [0.1, 0.15) is 0 Å². The Kier molecular flexibility index (Phi) is 12.2. The first-order valence-electron chi connectivity index (χ1n) is 8.33. The quantitative estimate of drug-likeness (QED) is 0.183. The number of guanidine groups is 1. The van der Waals surface area contributed by atoms with Gasteiger partial charge >= 0.3 is 12.1 Å². The van der Waals surface area contributed by atoms with E-state index in [1.165, 1.54) is 4.90 Å². The summed E-state index contributed by atoms with van der Waals surface area (Å²) in [7, 11) is 0. The topological polar surface area (TPSA) is 66.0 Å². The van der Waals surface area contributed by atoms with E-state index < -0.39 is 12.7 Å². The van der Waals surface area contributed by atoms with Crippen LogP contribution in [0.25, 0.3) is 0 Å². The summed E-state index contributed by atoms with van der Waals surface area (Å²) in [5, 5.41) is 6.23. The highest BCUT2D eigenvalue weighted by atomic mass is 127. The Bertz CT molecular complexity index is 422. The average molecular weight is 480 g/mol. The van der Waals surface area contributed by atoms with E-state index >= 15 is 0 Å². The maximum atomic E-state index is 12.4. The van der Waals surface area contributed by atoms with Crippen LogP contribution in [0.2, 0.25) is 0 Å². The highest BCUT2D eigenvalue weighted by molar-refractivity contribution is 14.0. The molecular weight excluding hydrogens is 452 g/mol. The number of nitrogens with zero attached hydrogens (tertiary/aromatic N) is 2. The summed E-state index contributed by atoms with van der Waals surface area (Å²) in [4.78, 5) is 17.0. The largest absolute Gasteiger partial charge is 0.466 e. The van der Waals surface area contributed by atoms with Gasteiger partial charge < -0.3 is 15.4 Å². The molecule has 148 valence electrons. The molecule has 0 aromatic carbocycles. The Morgan fingerprint density at radius 1 is 1.36 bits per heavy atom.